The van der Waals surface area contributed by atoms with Gasteiger partial charge in [0.2, 0.25) is 23.5 Å². The Balaban J connectivity index is 0.000000148. The fraction of sp³-hybridized carbons (Fsp3) is 0.320. The fourth-order valence-electron chi connectivity index (χ4n) is 16.5. The van der Waals surface area contributed by atoms with Crippen LogP contribution in [0.25, 0.3) is 45.0 Å². The van der Waals surface area contributed by atoms with Crippen LogP contribution in [-0.4, -0.2) is 217 Å². The van der Waals surface area contributed by atoms with Crippen LogP contribution in [0.4, 0.5) is 8.78 Å². The van der Waals surface area contributed by atoms with Gasteiger partial charge in [0.15, 0.2) is 5.67 Å². The number of amides is 4. The molecule has 0 saturated carbocycles. The Morgan fingerprint density at radius 3 is 1.01 bits per heavy atom. The number of carbonyl (C=O) groups excluding carboxylic acids is 4. The number of halogens is 2. The molecule has 8 aromatic carbocycles. The summed E-state index contributed by atoms with van der Waals surface area (Å²) < 4.78 is 57.9. The van der Waals surface area contributed by atoms with Gasteiger partial charge >= 0.3 is 0 Å². The molecule has 27 heteroatoms. The van der Waals surface area contributed by atoms with Crippen LogP contribution >= 0.6 is 0 Å². The molecule has 0 spiro atoms. The summed E-state index contributed by atoms with van der Waals surface area (Å²) in [5, 5.41) is 64.6. The number of hydrogen-bond acceptors (Lipinski definition) is 17. The summed E-state index contributed by atoms with van der Waals surface area (Å²) in [5.74, 6) is 10.8. The smallest absolute Gasteiger partial charge is 0.254 e. The number of hydrogen-bond donors (Lipinski definition) is 8. The van der Waals surface area contributed by atoms with Gasteiger partial charge < -0.3 is 63.7 Å². The average molecular weight is 1760 g/mol. The van der Waals surface area contributed by atoms with Gasteiger partial charge in [-0.15, -0.1) is 39.7 Å². The van der Waals surface area contributed by atoms with Crippen molar-refractivity contribution in [1.82, 2.24) is 60.4 Å². The number of H-pyrrole nitrogens is 4. The summed E-state index contributed by atoms with van der Waals surface area (Å²) in [6.45, 7) is 19.3. The van der Waals surface area contributed by atoms with Crippen LogP contribution in [0.3, 0.4) is 0 Å². The minimum Gasteiger partial charge on any atom is -0.497 e. The Hall–Kier alpha value is -14.1. The third-order valence-electron chi connectivity index (χ3n) is 24.4. The van der Waals surface area contributed by atoms with Gasteiger partial charge in [0.1, 0.15) is 37.8 Å². The van der Waals surface area contributed by atoms with Crippen molar-refractivity contribution in [1.29, 1.82) is 0 Å². The van der Waals surface area contributed by atoms with E-state index in [1.54, 1.807) is 78.7 Å². The number of terminal acetylenes is 3. The van der Waals surface area contributed by atoms with Crippen molar-refractivity contribution in [2.75, 3.05) is 112 Å². The Labute approximate surface area is 755 Å². The lowest BCUT2D eigenvalue weighted by Crippen LogP contribution is -2.58. The number of alkyl halides is 2. The van der Waals surface area contributed by atoms with Crippen molar-refractivity contribution < 1.29 is 72.1 Å². The summed E-state index contributed by atoms with van der Waals surface area (Å²) in [5.41, 5.74) is 19.2. The van der Waals surface area contributed by atoms with Gasteiger partial charge in [0.05, 0.1) is 69.4 Å². The van der Waals surface area contributed by atoms with Gasteiger partial charge in [0.25, 0.3) is 23.6 Å². The van der Waals surface area contributed by atoms with Crippen LogP contribution in [-0.2, 0) is 11.3 Å². The van der Waals surface area contributed by atoms with Crippen molar-refractivity contribution in [2.24, 2.45) is 0 Å². The quantitative estimate of drug-likeness (QED) is 0.0247. The summed E-state index contributed by atoms with van der Waals surface area (Å²) in [6, 6.07) is 52.4. The Bertz CT molecular complexity index is 6130. The van der Waals surface area contributed by atoms with Crippen LogP contribution < -0.4 is 23.7 Å². The molecule has 8 N–H and O–H groups in total. The average Bonchev–Trinajstić information content (AvgIpc) is 0.850. The number of rotatable bonds is 25. The van der Waals surface area contributed by atoms with Crippen LogP contribution in [0.15, 0.2) is 170 Å². The van der Waals surface area contributed by atoms with Crippen molar-refractivity contribution in [3.05, 3.63) is 276 Å². The number of aryl methyl sites for hydroxylation is 4. The third kappa shape index (κ3) is 21.2. The van der Waals surface area contributed by atoms with Crippen molar-refractivity contribution in [3.63, 3.8) is 0 Å². The van der Waals surface area contributed by atoms with E-state index in [4.69, 9.17) is 63.4 Å². The molecule has 16 rings (SSSR count). The van der Waals surface area contributed by atoms with Gasteiger partial charge in [-0.25, -0.2) is 8.78 Å². The van der Waals surface area contributed by atoms with E-state index in [0.29, 0.717) is 100 Å². The maximum absolute atomic E-state index is 15.6. The van der Waals surface area contributed by atoms with Crippen LogP contribution in [0.5, 0.6) is 29.3 Å². The van der Waals surface area contributed by atoms with Crippen molar-refractivity contribution >= 4 is 23.6 Å². The maximum atomic E-state index is 15.6. The molecule has 130 heavy (non-hydrogen) atoms. The number of aromatic nitrogens is 8. The van der Waals surface area contributed by atoms with E-state index in [2.05, 4.69) is 82.8 Å². The highest BCUT2D eigenvalue weighted by atomic mass is 19.1. The molecule has 4 fully saturated rings. The Morgan fingerprint density at radius 1 is 0.392 bits per heavy atom. The van der Waals surface area contributed by atoms with E-state index >= 15 is 8.78 Å². The van der Waals surface area contributed by atoms with E-state index in [1.807, 2.05) is 144 Å². The number of aliphatic hydroxyl groups excluding tert-OH is 4. The van der Waals surface area contributed by atoms with Gasteiger partial charge in [-0.1, -0.05) is 90.6 Å². The maximum Gasteiger partial charge on any atom is 0.254 e. The second kappa shape index (κ2) is 42.2. The minimum atomic E-state index is -1.57. The summed E-state index contributed by atoms with van der Waals surface area (Å²) >= 11 is 0. The molecule has 0 atom stereocenters. The normalized spacial score (nSPS) is 14.4. The molecule has 672 valence electrons. The number of nitrogens with one attached hydrogen (secondary N) is 4. The molecular formula is C103H108F2N12O13. The number of methoxy groups -OCH3 is 1. The molecule has 4 amide bonds. The van der Waals surface area contributed by atoms with E-state index in [0.717, 1.165) is 132 Å². The first-order valence-electron chi connectivity index (χ1n) is 43.2. The molecular weight excluding hydrogens is 1650 g/mol. The highest BCUT2D eigenvalue weighted by Gasteiger charge is 2.48. The SMILES string of the molecule is C#Cc1ccc(C2(F)CCN(C(=O)c3ccc(C)c(-c4[nH]nc(OCCO)c4C)c3)CC2)cc1.C#Cc1ccc(C2(F)CN(C(=O)c3ccc(C)c(-c4[nH]nc(OCCO)c4C)c3)C2)cc1.C#Cc1ccc(C2CCN(C(=O)c3ccc(C)c(-c4[nH]nc(OCCO)c4C)c3)CC2)cc1.COc1ccc(C2CN(C(=O)c3ccc(C)c(-c4[nH]nc(OCCO)c4C)c3)C2)cc1. The van der Waals surface area contributed by atoms with Crippen molar-refractivity contribution in [2.45, 2.75) is 104 Å². The molecule has 0 aliphatic carbocycles. The number of benzene rings is 8. The van der Waals surface area contributed by atoms with Gasteiger partial charge in [0, 0.05) is 141 Å². The monoisotopic (exact) mass is 1760 g/mol. The predicted octanol–water partition coefficient (Wildman–Crippen LogP) is 14.9. The number of carbonyl (C=O) groups is 4. The molecule has 8 heterocycles. The van der Waals surface area contributed by atoms with E-state index < -0.39 is 11.3 Å². The van der Waals surface area contributed by atoms with Gasteiger partial charge in [-0.3, -0.25) is 39.6 Å². The first-order valence-corrected chi connectivity index (χ1v) is 43.2. The molecule has 0 unspecified atom stereocenters. The summed E-state index contributed by atoms with van der Waals surface area (Å²) in [4.78, 5) is 59.6. The first kappa shape index (κ1) is 93.5. The first-order chi connectivity index (χ1) is 62.7. The second-order valence-electron chi connectivity index (χ2n) is 32.9. The predicted molar refractivity (Wildman–Crippen MR) is 494 cm³/mol. The van der Waals surface area contributed by atoms with Gasteiger partial charge in [-0.2, -0.15) is 0 Å². The van der Waals surface area contributed by atoms with Gasteiger partial charge in [-0.05, 0) is 216 Å². The molecule has 4 aromatic heterocycles. The number of likely N-dealkylation sites (tertiary alicyclic amines) is 4. The Kier molecular flexibility index (Phi) is 30.3. The molecule has 4 saturated heterocycles. The topological polar surface area (TPSA) is 323 Å². The van der Waals surface area contributed by atoms with Crippen LogP contribution in [0.1, 0.15) is 162 Å². The Morgan fingerprint density at radius 2 is 0.685 bits per heavy atom. The molecule has 12 aromatic rings. The zero-order chi connectivity index (χ0) is 92.5. The van der Waals surface area contributed by atoms with E-state index in [1.165, 1.54) is 16.0 Å². The number of aromatic amines is 4. The van der Waals surface area contributed by atoms with Crippen LogP contribution in [0.2, 0.25) is 0 Å². The van der Waals surface area contributed by atoms with E-state index in [9.17, 15) is 19.2 Å². The largest absolute Gasteiger partial charge is 0.497 e. The lowest BCUT2D eigenvalue weighted by Gasteiger charge is -2.44. The lowest BCUT2D eigenvalue weighted by molar-refractivity contribution is -0.0231. The highest BCUT2D eigenvalue weighted by Crippen LogP contribution is 2.43. The van der Waals surface area contributed by atoms with Crippen molar-refractivity contribution in [3.8, 4) is 111 Å². The van der Waals surface area contributed by atoms with E-state index in [-0.39, 0.29) is 102 Å². The van der Waals surface area contributed by atoms with Crippen LogP contribution in [0, 0.1) is 92.4 Å². The summed E-state index contributed by atoms with van der Waals surface area (Å²) in [7, 11) is 1.66. The molecule has 25 nitrogen and oxygen atoms in total. The molecule has 0 bridgehead atoms. The number of ether oxygens (including phenoxy) is 5. The lowest BCUT2D eigenvalue weighted by atomic mass is 9.85. The molecule has 4 aliphatic heterocycles. The molecule has 0 radical (unpaired) electrons. The number of piperidine rings is 2. The summed E-state index contributed by atoms with van der Waals surface area (Å²) in [6.07, 6.45) is 18.5. The zero-order valence-corrected chi connectivity index (χ0v) is 74.5. The molecule has 4 aliphatic rings. The number of aliphatic hydroxyl groups is 4. The minimum absolute atomic E-state index is 0.00727. The number of nitrogens with zero attached hydrogens (tertiary/aromatic N) is 8. The highest BCUT2D eigenvalue weighted by molar-refractivity contribution is 5.99. The zero-order valence-electron chi connectivity index (χ0n) is 74.5. The fourth-order valence-corrected chi connectivity index (χ4v) is 16.5. The third-order valence-corrected chi connectivity index (χ3v) is 24.4. The standard InChI is InChI=1S/C27H28FN3O3.C27H29N3O3.C25H24FN3O3.C24H27N3O4/c1-4-20-6-9-22(10-7-20)27(28)11-13-31(14-12-27)26(33)21-8-5-18(2)23(17-21)24-19(3)25(30-29-24)34-16-15-32;1-4-20-6-9-21(10-7-20)22-11-13-30(14-12-22)27(32)23-8-5-18(2)24(17-23)25-19(3)26(29-28-25)33-16-15-31;1-4-18-6-9-20(10-7-18)25(26)14-29(15-25)24(31)19-8-5-16(2)21(13-19)22-17(3)23(28-27-22)32-12-11-30;1-15-4-5-18(12-21(15)22-16(2)23(26-25-22)31-11-10-28)24(29)27-13-19(14-27)17-6-8-20(30-3)9-7-17/h1,5-10,17,32H,11-16H2,2-3H3,(H,29,30);1,5-10,17,22,31H,11-16H2,2-3H3,(H,28,29);1,5-10,13,30H,11-12,14-15H2,2-3H3,(H,27,28);4-9,12,19,28H,10-11,13-14H2,1-3H3,(H,25,26). The second-order valence-corrected chi connectivity index (χ2v) is 32.9.